The number of rotatable bonds is 9. The van der Waals surface area contributed by atoms with Crippen LogP contribution in [0.3, 0.4) is 0 Å². The third-order valence-electron chi connectivity index (χ3n) is 4.50. The van der Waals surface area contributed by atoms with E-state index in [0.717, 1.165) is 24.3 Å². The molecule has 31 heavy (non-hydrogen) atoms. The van der Waals surface area contributed by atoms with Gasteiger partial charge in [0.25, 0.3) is 0 Å². The zero-order valence-electron chi connectivity index (χ0n) is 16.6. The minimum Gasteiger partial charge on any atom is -0.497 e. The second-order valence-corrected chi connectivity index (χ2v) is 10.2. The van der Waals surface area contributed by atoms with Crippen molar-refractivity contribution < 1.29 is 35.1 Å². The summed E-state index contributed by atoms with van der Waals surface area (Å²) in [4.78, 5) is -0.389. The number of methoxy groups -OCH3 is 2. The van der Waals surface area contributed by atoms with Gasteiger partial charge in [-0.2, -0.15) is 0 Å². The molecule has 0 saturated carbocycles. The molecule has 1 heterocycles. The van der Waals surface area contributed by atoms with Gasteiger partial charge in [0.2, 0.25) is 10.0 Å². The first-order valence-electron chi connectivity index (χ1n) is 8.93. The third kappa shape index (κ3) is 4.89. The molecule has 1 N–H and O–H groups in total. The number of nitrogens with one attached hydrogen (secondary N) is 1. The molecular formula is C20H20FNO7S2. The minimum atomic E-state index is -4.19. The van der Waals surface area contributed by atoms with Crippen molar-refractivity contribution in [1.29, 1.82) is 0 Å². The monoisotopic (exact) mass is 469 g/mol. The van der Waals surface area contributed by atoms with Crippen molar-refractivity contribution in [3.8, 4) is 11.5 Å². The first-order chi connectivity index (χ1) is 14.7. The van der Waals surface area contributed by atoms with Crippen LogP contribution in [0.15, 0.2) is 75.1 Å². The molecule has 8 nitrogen and oxygen atoms in total. The molecule has 0 radical (unpaired) electrons. The van der Waals surface area contributed by atoms with Crippen LogP contribution in [0.1, 0.15) is 11.0 Å². The summed E-state index contributed by atoms with van der Waals surface area (Å²) in [6, 6.07) is 11.4. The molecule has 1 atom stereocenters. The van der Waals surface area contributed by atoms with Gasteiger partial charge in [-0.25, -0.2) is 25.9 Å². The minimum absolute atomic E-state index is 0.0321. The van der Waals surface area contributed by atoms with Crippen molar-refractivity contribution in [3.05, 3.63) is 72.4 Å². The molecule has 11 heteroatoms. The molecule has 0 spiro atoms. The average Bonchev–Trinajstić information content (AvgIpc) is 3.27. The van der Waals surface area contributed by atoms with Crippen molar-refractivity contribution in [2.24, 2.45) is 0 Å². The molecule has 1 aromatic heterocycles. The van der Waals surface area contributed by atoms with Crippen LogP contribution < -0.4 is 14.2 Å². The Morgan fingerprint density at radius 2 is 1.71 bits per heavy atom. The smallest absolute Gasteiger partial charge is 0.244 e. The number of sulfone groups is 1. The van der Waals surface area contributed by atoms with Crippen molar-refractivity contribution in [3.63, 3.8) is 0 Å². The SMILES string of the molecule is COc1ccc(OC)c(S(=O)(=O)NCC(c2ccco2)S(=O)(=O)c2ccc(F)cc2)c1. The molecule has 0 aliphatic rings. The summed E-state index contributed by atoms with van der Waals surface area (Å²) in [5.41, 5.74) is 0. The second kappa shape index (κ2) is 9.08. The summed E-state index contributed by atoms with van der Waals surface area (Å²) in [6.45, 7) is -0.532. The van der Waals surface area contributed by atoms with Gasteiger partial charge in [0.05, 0.1) is 25.4 Å². The number of halogens is 1. The summed E-state index contributed by atoms with van der Waals surface area (Å²) < 4.78 is 83.2. The molecule has 2 aromatic carbocycles. The van der Waals surface area contributed by atoms with Crippen LogP contribution in [-0.2, 0) is 19.9 Å². The maximum atomic E-state index is 13.2. The lowest BCUT2D eigenvalue weighted by molar-refractivity contribution is 0.392. The van der Waals surface area contributed by atoms with E-state index in [-0.39, 0.29) is 27.1 Å². The highest BCUT2D eigenvalue weighted by molar-refractivity contribution is 7.92. The average molecular weight is 470 g/mol. The Kier molecular flexibility index (Phi) is 6.68. The van der Waals surface area contributed by atoms with Gasteiger partial charge in [0.15, 0.2) is 9.84 Å². The Morgan fingerprint density at radius 1 is 1.00 bits per heavy atom. The predicted octanol–water partition coefficient (Wildman–Crippen LogP) is 2.93. The molecule has 0 amide bonds. The topological polar surface area (TPSA) is 112 Å². The quantitative estimate of drug-likeness (QED) is 0.480. The van der Waals surface area contributed by atoms with Crippen molar-refractivity contribution >= 4 is 19.9 Å². The van der Waals surface area contributed by atoms with Crippen LogP contribution in [0.25, 0.3) is 0 Å². The highest BCUT2D eigenvalue weighted by Gasteiger charge is 2.33. The van der Waals surface area contributed by atoms with E-state index in [1.165, 1.54) is 50.8 Å². The van der Waals surface area contributed by atoms with Gasteiger partial charge in [-0.15, -0.1) is 0 Å². The Morgan fingerprint density at radius 3 is 2.29 bits per heavy atom. The van der Waals surface area contributed by atoms with E-state index in [2.05, 4.69) is 4.72 Å². The molecule has 166 valence electrons. The van der Waals surface area contributed by atoms with Crippen molar-refractivity contribution in [2.75, 3.05) is 20.8 Å². The fourth-order valence-electron chi connectivity index (χ4n) is 2.88. The normalized spacial score (nSPS) is 13.0. The number of hydrogen-bond donors (Lipinski definition) is 1. The van der Waals surface area contributed by atoms with Gasteiger partial charge in [-0.05, 0) is 48.5 Å². The molecule has 0 aliphatic carbocycles. The second-order valence-electron chi connectivity index (χ2n) is 6.37. The Hall–Kier alpha value is -2.89. The van der Waals surface area contributed by atoms with Crippen LogP contribution in [0, 0.1) is 5.82 Å². The molecule has 0 fully saturated rings. The summed E-state index contributed by atoms with van der Waals surface area (Å²) in [5.74, 6) is -0.226. The number of ether oxygens (including phenoxy) is 2. The van der Waals surface area contributed by atoms with E-state index in [0.29, 0.717) is 0 Å². The highest BCUT2D eigenvalue weighted by atomic mass is 32.2. The summed E-state index contributed by atoms with van der Waals surface area (Å²) in [7, 11) is -5.62. The van der Waals surface area contributed by atoms with Crippen LogP contribution in [0.2, 0.25) is 0 Å². The van der Waals surface area contributed by atoms with Crippen LogP contribution in [0.4, 0.5) is 4.39 Å². The predicted molar refractivity (Wildman–Crippen MR) is 110 cm³/mol. The molecule has 0 bridgehead atoms. The maximum absolute atomic E-state index is 13.2. The van der Waals surface area contributed by atoms with Gasteiger partial charge >= 0.3 is 0 Å². The van der Waals surface area contributed by atoms with E-state index < -0.39 is 37.5 Å². The molecule has 0 aliphatic heterocycles. The standard InChI is InChI=1S/C20H20FNO7S2/c1-27-15-7-10-17(28-2)19(12-15)31(25,26)22-13-20(18-4-3-11-29-18)30(23,24)16-8-5-14(21)6-9-16/h3-12,20,22H,13H2,1-2H3. The van der Waals surface area contributed by atoms with Crippen LogP contribution in [0.5, 0.6) is 11.5 Å². The Bertz CT molecular complexity index is 1240. The number of hydrogen-bond acceptors (Lipinski definition) is 7. The van der Waals surface area contributed by atoms with E-state index >= 15 is 0 Å². The zero-order chi connectivity index (χ0) is 22.6. The summed E-state index contributed by atoms with van der Waals surface area (Å²) in [6.07, 6.45) is 1.28. The largest absolute Gasteiger partial charge is 0.497 e. The van der Waals surface area contributed by atoms with Crippen LogP contribution in [-0.4, -0.2) is 37.6 Å². The van der Waals surface area contributed by atoms with E-state index in [1.54, 1.807) is 0 Å². The van der Waals surface area contributed by atoms with E-state index in [4.69, 9.17) is 13.9 Å². The first-order valence-corrected chi connectivity index (χ1v) is 12.0. The Balaban J connectivity index is 1.96. The lowest BCUT2D eigenvalue weighted by atomic mass is 10.3. The maximum Gasteiger partial charge on any atom is 0.244 e. The van der Waals surface area contributed by atoms with Crippen molar-refractivity contribution in [2.45, 2.75) is 15.0 Å². The number of benzene rings is 2. The number of furan rings is 1. The lowest BCUT2D eigenvalue weighted by Gasteiger charge is -2.18. The molecule has 1 unspecified atom stereocenters. The number of sulfonamides is 1. The van der Waals surface area contributed by atoms with Gasteiger partial charge in [-0.1, -0.05) is 0 Å². The van der Waals surface area contributed by atoms with Gasteiger partial charge < -0.3 is 13.9 Å². The summed E-state index contributed by atoms with van der Waals surface area (Å²) >= 11 is 0. The van der Waals surface area contributed by atoms with Gasteiger partial charge in [0.1, 0.15) is 33.2 Å². The highest BCUT2D eigenvalue weighted by Crippen LogP contribution is 2.31. The van der Waals surface area contributed by atoms with E-state index in [1.807, 2.05) is 0 Å². The molecule has 3 rings (SSSR count). The van der Waals surface area contributed by atoms with E-state index in [9.17, 15) is 21.2 Å². The zero-order valence-corrected chi connectivity index (χ0v) is 18.2. The molecule has 0 saturated heterocycles. The third-order valence-corrected chi connectivity index (χ3v) is 8.02. The fraction of sp³-hybridized carbons (Fsp3) is 0.200. The first kappa shape index (κ1) is 22.8. The fourth-order valence-corrected chi connectivity index (χ4v) is 5.80. The van der Waals surface area contributed by atoms with Crippen molar-refractivity contribution in [1.82, 2.24) is 4.72 Å². The molecule has 3 aromatic rings. The van der Waals surface area contributed by atoms with Gasteiger partial charge in [-0.3, -0.25) is 0 Å². The molecular weight excluding hydrogens is 449 g/mol. The van der Waals surface area contributed by atoms with Gasteiger partial charge in [0, 0.05) is 12.6 Å². The summed E-state index contributed by atoms with van der Waals surface area (Å²) in [5, 5.41) is -1.39. The lowest BCUT2D eigenvalue weighted by Crippen LogP contribution is -2.32. The van der Waals surface area contributed by atoms with Crippen LogP contribution >= 0.6 is 0 Å². The Labute approximate surface area is 179 Å².